The summed E-state index contributed by atoms with van der Waals surface area (Å²) >= 11 is 0. The number of fused-ring (bicyclic) bond motifs is 1. The molecule has 0 spiro atoms. The minimum Gasteiger partial charge on any atom is -0.489 e. The molecule has 2 aromatic carbocycles. The van der Waals surface area contributed by atoms with Gasteiger partial charge >= 0.3 is 6.18 Å². The summed E-state index contributed by atoms with van der Waals surface area (Å²) in [6.45, 7) is 0.775. The molecule has 0 aromatic heterocycles. The third-order valence-corrected chi connectivity index (χ3v) is 3.78. The lowest BCUT2D eigenvalue weighted by molar-refractivity contribution is -0.137. The summed E-state index contributed by atoms with van der Waals surface area (Å²) in [7, 11) is 0. The Kier molecular flexibility index (Phi) is 4.09. The molecular weight excluding hydrogens is 307 g/mol. The number of aldehydes is 1. The lowest BCUT2D eigenvalue weighted by atomic mass is 10.1. The molecule has 1 N–H and O–H groups in total. The first-order valence-electron chi connectivity index (χ1n) is 7.08. The van der Waals surface area contributed by atoms with Gasteiger partial charge in [-0.25, -0.2) is 0 Å². The quantitative estimate of drug-likeness (QED) is 0.874. The maximum Gasteiger partial charge on any atom is 0.416 e. The molecule has 1 unspecified atom stereocenters. The van der Waals surface area contributed by atoms with Crippen LogP contribution in [-0.4, -0.2) is 6.29 Å². The van der Waals surface area contributed by atoms with E-state index in [-0.39, 0.29) is 12.6 Å². The van der Waals surface area contributed by atoms with E-state index in [0.29, 0.717) is 17.9 Å². The number of carbonyl (C=O) groups excluding carboxylic acids is 1. The van der Waals surface area contributed by atoms with E-state index in [1.807, 2.05) is 12.1 Å². The molecule has 23 heavy (non-hydrogen) atoms. The first-order valence-corrected chi connectivity index (χ1v) is 7.08. The lowest BCUT2D eigenvalue weighted by Crippen LogP contribution is -2.12. The Morgan fingerprint density at radius 2 is 1.91 bits per heavy atom. The number of benzene rings is 2. The SMILES string of the molecule is O=CC1NCc2cc(OCc3ccc(C(F)(F)F)cc3)ccc21. The van der Waals surface area contributed by atoms with Crippen LogP contribution in [0.3, 0.4) is 0 Å². The van der Waals surface area contributed by atoms with E-state index in [4.69, 9.17) is 4.74 Å². The van der Waals surface area contributed by atoms with E-state index < -0.39 is 11.7 Å². The Bertz CT molecular complexity index is 711. The average molecular weight is 321 g/mol. The number of hydrogen-bond donors (Lipinski definition) is 1. The Labute approximate surface area is 131 Å². The highest BCUT2D eigenvalue weighted by Gasteiger charge is 2.29. The van der Waals surface area contributed by atoms with Crippen LogP contribution < -0.4 is 10.1 Å². The van der Waals surface area contributed by atoms with Gasteiger partial charge in [0.2, 0.25) is 0 Å². The number of alkyl halides is 3. The summed E-state index contributed by atoms with van der Waals surface area (Å²) < 4.78 is 43.1. The zero-order valence-corrected chi connectivity index (χ0v) is 12.1. The number of halogens is 3. The molecule has 6 heteroatoms. The molecule has 3 rings (SSSR count). The molecule has 0 aliphatic carbocycles. The molecule has 1 aliphatic heterocycles. The second-order valence-corrected chi connectivity index (χ2v) is 5.34. The smallest absolute Gasteiger partial charge is 0.416 e. The minimum atomic E-state index is -4.33. The summed E-state index contributed by atoms with van der Waals surface area (Å²) in [5, 5.41) is 3.06. The molecule has 3 nitrogen and oxygen atoms in total. The van der Waals surface area contributed by atoms with Crippen LogP contribution >= 0.6 is 0 Å². The summed E-state index contributed by atoms with van der Waals surface area (Å²) in [5.41, 5.74) is 1.90. The zero-order valence-electron chi connectivity index (χ0n) is 12.1. The molecule has 0 amide bonds. The largest absolute Gasteiger partial charge is 0.489 e. The molecule has 0 radical (unpaired) electrons. The molecule has 1 atom stereocenters. The van der Waals surface area contributed by atoms with Crippen molar-refractivity contribution >= 4 is 6.29 Å². The predicted molar refractivity (Wildman–Crippen MR) is 77.9 cm³/mol. The highest BCUT2D eigenvalue weighted by molar-refractivity contribution is 5.64. The highest BCUT2D eigenvalue weighted by atomic mass is 19.4. The summed E-state index contributed by atoms with van der Waals surface area (Å²) in [5.74, 6) is 0.622. The number of ether oxygens (including phenoxy) is 1. The standard InChI is InChI=1S/C17H14F3NO2/c18-17(19,20)13-3-1-11(2-4-13)10-23-14-5-6-15-12(7-14)8-21-16(15)9-22/h1-7,9,16,21H,8,10H2. The van der Waals surface area contributed by atoms with Crippen molar-refractivity contribution in [2.45, 2.75) is 25.4 Å². The van der Waals surface area contributed by atoms with Gasteiger partial charge in [0.15, 0.2) is 0 Å². The van der Waals surface area contributed by atoms with Crippen LogP contribution in [0.4, 0.5) is 13.2 Å². The number of carbonyl (C=O) groups is 1. The highest BCUT2D eigenvalue weighted by Crippen LogP contribution is 2.30. The van der Waals surface area contributed by atoms with Crippen molar-refractivity contribution in [1.82, 2.24) is 5.32 Å². The van der Waals surface area contributed by atoms with E-state index in [1.165, 1.54) is 12.1 Å². The third-order valence-electron chi connectivity index (χ3n) is 3.78. The second-order valence-electron chi connectivity index (χ2n) is 5.34. The molecule has 0 saturated heterocycles. The van der Waals surface area contributed by atoms with Crippen molar-refractivity contribution in [2.75, 3.05) is 0 Å². The molecule has 1 heterocycles. The Morgan fingerprint density at radius 1 is 1.17 bits per heavy atom. The van der Waals surface area contributed by atoms with E-state index in [1.54, 1.807) is 6.07 Å². The molecule has 120 valence electrons. The van der Waals surface area contributed by atoms with Gasteiger partial charge in [0.1, 0.15) is 18.6 Å². The summed E-state index contributed by atoms with van der Waals surface area (Å²) in [6, 6.07) is 10.0. The molecule has 0 saturated carbocycles. The van der Waals surface area contributed by atoms with Crippen LogP contribution in [0.2, 0.25) is 0 Å². The monoisotopic (exact) mass is 321 g/mol. The fourth-order valence-electron chi connectivity index (χ4n) is 2.54. The number of rotatable bonds is 4. The molecule has 0 bridgehead atoms. The molecular formula is C17H14F3NO2. The molecule has 1 aliphatic rings. The van der Waals surface area contributed by atoms with Gasteiger partial charge in [-0.2, -0.15) is 13.2 Å². The van der Waals surface area contributed by atoms with Crippen molar-refractivity contribution in [1.29, 1.82) is 0 Å². The van der Waals surface area contributed by atoms with Crippen molar-refractivity contribution in [2.24, 2.45) is 0 Å². The van der Waals surface area contributed by atoms with Crippen LogP contribution in [0.25, 0.3) is 0 Å². The fourth-order valence-corrected chi connectivity index (χ4v) is 2.54. The maximum absolute atomic E-state index is 12.5. The van der Waals surface area contributed by atoms with Gasteiger partial charge in [0, 0.05) is 6.54 Å². The fraction of sp³-hybridized carbons (Fsp3) is 0.235. The van der Waals surface area contributed by atoms with Gasteiger partial charge < -0.3 is 9.53 Å². The van der Waals surface area contributed by atoms with E-state index in [9.17, 15) is 18.0 Å². The average Bonchev–Trinajstić information content (AvgIpc) is 2.94. The normalized spacial score (nSPS) is 16.9. The van der Waals surface area contributed by atoms with Gasteiger partial charge in [0.05, 0.1) is 11.6 Å². The number of hydrogen-bond acceptors (Lipinski definition) is 3. The topological polar surface area (TPSA) is 38.3 Å². The Hall–Kier alpha value is -2.34. The van der Waals surface area contributed by atoms with Gasteiger partial charge in [-0.3, -0.25) is 5.32 Å². The molecule has 2 aromatic rings. The first-order chi connectivity index (χ1) is 11.0. The Balaban J connectivity index is 1.66. The van der Waals surface area contributed by atoms with Crippen molar-refractivity contribution < 1.29 is 22.7 Å². The van der Waals surface area contributed by atoms with Gasteiger partial charge in [-0.15, -0.1) is 0 Å². The third kappa shape index (κ3) is 3.37. The number of nitrogens with one attached hydrogen (secondary N) is 1. The van der Waals surface area contributed by atoms with Gasteiger partial charge in [0.25, 0.3) is 0 Å². The van der Waals surface area contributed by atoms with Gasteiger partial charge in [-0.1, -0.05) is 18.2 Å². The Morgan fingerprint density at radius 3 is 2.57 bits per heavy atom. The summed E-state index contributed by atoms with van der Waals surface area (Å²) in [4.78, 5) is 10.9. The van der Waals surface area contributed by atoms with Crippen molar-refractivity contribution in [3.8, 4) is 5.75 Å². The second kappa shape index (κ2) is 6.04. The van der Waals surface area contributed by atoms with Crippen LogP contribution in [-0.2, 0) is 24.1 Å². The van der Waals surface area contributed by atoms with Crippen molar-refractivity contribution in [3.05, 3.63) is 64.7 Å². The van der Waals surface area contributed by atoms with E-state index in [2.05, 4.69) is 5.32 Å². The molecule has 0 fully saturated rings. The lowest BCUT2D eigenvalue weighted by Gasteiger charge is -2.10. The van der Waals surface area contributed by atoms with Gasteiger partial charge in [-0.05, 0) is 41.0 Å². The predicted octanol–water partition coefficient (Wildman–Crippen LogP) is 3.63. The zero-order chi connectivity index (χ0) is 16.4. The van der Waals surface area contributed by atoms with Crippen LogP contribution in [0.15, 0.2) is 42.5 Å². The van der Waals surface area contributed by atoms with E-state index in [0.717, 1.165) is 29.5 Å². The van der Waals surface area contributed by atoms with E-state index >= 15 is 0 Å². The van der Waals surface area contributed by atoms with Crippen molar-refractivity contribution in [3.63, 3.8) is 0 Å². The minimum absolute atomic E-state index is 0.182. The van der Waals surface area contributed by atoms with Crippen LogP contribution in [0.1, 0.15) is 28.3 Å². The summed E-state index contributed by atoms with van der Waals surface area (Å²) in [6.07, 6.45) is -3.48. The first kappa shape index (κ1) is 15.6. The van der Waals surface area contributed by atoms with Crippen LogP contribution in [0.5, 0.6) is 5.75 Å². The van der Waals surface area contributed by atoms with Crippen LogP contribution in [0, 0.1) is 0 Å². The maximum atomic E-state index is 12.5.